The summed E-state index contributed by atoms with van der Waals surface area (Å²) in [5.41, 5.74) is 5.10. The maximum atomic E-state index is 12.4. The number of anilines is 1. The first kappa shape index (κ1) is 80.5. The van der Waals surface area contributed by atoms with Crippen molar-refractivity contribution in [1.82, 2.24) is 94.4 Å². The van der Waals surface area contributed by atoms with E-state index in [0.29, 0.717) is 71.4 Å². The van der Waals surface area contributed by atoms with Crippen LogP contribution in [0.5, 0.6) is 17.6 Å². The van der Waals surface area contributed by atoms with Crippen LogP contribution >= 0.6 is 0 Å². The Hall–Kier alpha value is -12.6. The largest absolute Gasteiger partial charge is 0.478 e. The number of pyridine rings is 4. The Morgan fingerprint density at radius 2 is 0.936 bits per heavy atom. The Labute approximate surface area is 621 Å². The van der Waals surface area contributed by atoms with E-state index in [2.05, 4.69) is 80.9 Å². The predicted molar refractivity (Wildman–Crippen MR) is 391 cm³/mol. The monoisotopic (exact) mass is 1510 g/mol. The van der Waals surface area contributed by atoms with Crippen molar-refractivity contribution < 1.29 is 55.7 Å². The molecular weight excluding hydrogens is 1420 g/mol. The summed E-state index contributed by atoms with van der Waals surface area (Å²) < 4.78 is 76.2. The van der Waals surface area contributed by atoms with Crippen LogP contribution in [0, 0.1) is 5.41 Å². The summed E-state index contributed by atoms with van der Waals surface area (Å²) in [6.45, 7) is 5.39. The minimum absolute atomic E-state index is 0.0933. The first-order chi connectivity index (χ1) is 52.3. The SMILES string of the molecule is CCNC(=O)Cn1nc(-c2ccc(N3CC4(COC4)C3)nc2)ccc1=O.CCNC(=O)Cn1nc(-c2ccc(OCCCN(C)C)nc2)ccc1=O.C[C@H](NC(=O)Cn1nc(-c2ccc(OC(F)F)nc2)ccc1=O)c1cccn1C.Cn1cccc1CNC(=O)Cn1nc(-c2ccc(OC(F)F)nc2)ccc1=O. The van der Waals surface area contributed by atoms with Gasteiger partial charge in [-0.1, -0.05) is 0 Å². The molecular formula is C73H82F4N20O12. The van der Waals surface area contributed by atoms with Crippen molar-refractivity contribution in [2.75, 3.05) is 71.5 Å². The Morgan fingerprint density at radius 3 is 1.29 bits per heavy atom. The van der Waals surface area contributed by atoms with Crippen molar-refractivity contribution in [2.45, 2.75) is 79.2 Å². The molecule has 2 aliphatic rings. The van der Waals surface area contributed by atoms with Crippen LogP contribution in [0.2, 0.25) is 0 Å². The molecule has 0 bridgehead atoms. The van der Waals surface area contributed by atoms with Crippen molar-refractivity contribution >= 4 is 29.4 Å². The van der Waals surface area contributed by atoms with E-state index in [-0.39, 0.29) is 78.7 Å². The van der Waals surface area contributed by atoms with Gasteiger partial charge in [0.25, 0.3) is 22.2 Å². The molecule has 0 unspecified atom stereocenters. The van der Waals surface area contributed by atoms with Gasteiger partial charge in [-0.2, -0.15) is 38.0 Å². The topological polar surface area (TPSA) is 361 Å². The lowest BCUT2D eigenvalue weighted by Gasteiger charge is -2.55. The van der Waals surface area contributed by atoms with Crippen LogP contribution in [0.1, 0.15) is 44.6 Å². The fourth-order valence-corrected chi connectivity index (χ4v) is 10.9. The Balaban J connectivity index is 0.000000168. The van der Waals surface area contributed by atoms with Crippen LogP contribution in [0.15, 0.2) is 178 Å². The van der Waals surface area contributed by atoms with Crippen LogP contribution < -0.4 is 62.6 Å². The highest BCUT2D eigenvalue weighted by Crippen LogP contribution is 2.39. The second-order valence-corrected chi connectivity index (χ2v) is 25.2. The van der Waals surface area contributed by atoms with Gasteiger partial charge >= 0.3 is 13.2 Å². The van der Waals surface area contributed by atoms with E-state index >= 15 is 0 Å². The Morgan fingerprint density at radius 1 is 0.523 bits per heavy atom. The van der Waals surface area contributed by atoms with Gasteiger partial charge in [0.15, 0.2) is 0 Å². The maximum Gasteiger partial charge on any atom is 0.388 e. The van der Waals surface area contributed by atoms with Crippen molar-refractivity contribution in [3.8, 4) is 62.7 Å². The first-order valence-electron chi connectivity index (χ1n) is 34.3. The van der Waals surface area contributed by atoms with Gasteiger partial charge in [-0.15, -0.1) is 0 Å². The zero-order valence-electron chi connectivity index (χ0n) is 60.7. The average molecular weight is 1510 g/mol. The maximum absolute atomic E-state index is 12.4. The number of nitrogens with zero attached hydrogens (tertiary/aromatic N) is 16. The quantitative estimate of drug-likeness (QED) is 0.0380. The van der Waals surface area contributed by atoms with Gasteiger partial charge in [0.1, 0.15) is 32.0 Å². The summed E-state index contributed by atoms with van der Waals surface area (Å²) >= 11 is 0. The summed E-state index contributed by atoms with van der Waals surface area (Å²) in [6, 6.07) is 31.8. The van der Waals surface area contributed by atoms with Gasteiger partial charge in [0.2, 0.25) is 41.3 Å². The average Bonchev–Trinajstić information content (AvgIpc) is 0.916. The molecule has 1 spiro atoms. The summed E-state index contributed by atoms with van der Waals surface area (Å²) in [7, 11) is 7.78. The molecule has 12 rings (SSSR count). The number of aromatic nitrogens is 14. The van der Waals surface area contributed by atoms with E-state index in [9.17, 15) is 55.9 Å². The molecule has 10 aromatic heterocycles. The summed E-state index contributed by atoms with van der Waals surface area (Å²) in [5.74, 6) is -0.211. The molecule has 4 amide bonds. The summed E-state index contributed by atoms with van der Waals surface area (Å²) in [6.07, 6.45) is 10.6. The molecule has 36 heteroatoms. The molecule has 32 nitrogen and oxygen atoms in total. The number of halogens is 4. The molecule has 4 N–H and O–H groups in total. The molecule has 2 fully saturated rings. The molecule has 1 atom stereocenters. The standard InChI is InChI=1S/C19H19F2N5O3.C18H17F2N5O3.C18H21N5O3.C18H25N5O3/c1-12(15-4-3-9-25(15)2)23-16(27)11-26-18(28)8-6-14(24-26)13-5-7-17(22-10-13)29-19(20)21;1-24-8-2-3-13(24)10-21-15(26)11-25-17(27)7-5-14(23-25)12-4-6-16(22-9-12)28-18(19)20;1-2-19-16(24)8-23-17(25)6-4-14(21-23)13-3-5-15(20-7-13)22-9-18(10-22)11-26-12-18;1-4-19-16(24)13-23-18(25)9-7-15(21-23)14-6-8-17(20-12-14)26-11-5-10-22(2)3/h3-10,12,19H,11H2,1-2H3,(H,23,27);2-9,18H,10-11H2,1H3,(H,21,26);3-7H,2,8-12H2,1H3,(H,19,24);6-9,12H,4-5,10-11,13H2,1-3H3,(H,19,24)/t12-;;;/m0.../s1. The Kier molecular flexibility index (Phi) is 28.5. The van der Waals surface area contributed by atoms with Crippen LogP contribution in [-0.4, -0.2) is 177 Å². The molecule has 0 radical (unpaired) electrons. The molecule has 0 saturated carbocycles. The highest BCUT2D eigenvalue weighted by molar-refractivity contribution is 5.77. The minimum Gasteiger partial charge on any atom is -0.478 e. The van der Waals surface area contributed by atoms with Gasteiger partial charge in [-0.3, -0.25) is 38.4 Å². The van der Waals surface area contributed by atoms with Crippen LogP contribution in [0.25, 0.3) is 45.0 Å². The van der Waals surface area contributed by atoms with E-state index in [1.165, 1.54) is 77.7 Å². The van der Waals surface area contributed by atoms with E-state index < -0.39 is 24.3 Å². The van der Waals surface area contributed by atoms with Crippen LogP contribution in [0.3, 0.4) is 0 Å². The zero-order valence-corrected chi connectivity index (χ0v) is 60.7. The van der Waals surface area contributed by atoms with Crippen molar-refractivity contribution in [1.29, 1.82) is 0 Å². The summed E-state index contributed by atoms with van der Waals surface area (Å²) in [5, 5.41) is 27.7. The first-order valence-corrected chi connectivity index (χ1v) is 34.3. The number of nitrogens with one attached hydrogen (secondary N) is 4. The number of aryl methyl sites for hydroxylation is 2. The van der Waals surface area contributed by atoms with E-state index in [1.807, 2.05) is 113 Å². The predicted octanol–water partition coefficient (Wildman–Crippen LogP) is 4.73. The normalized spacial score (nSPS) is 12.7. The molecule has 574 valence electrons. The van der Waals surface area contributed by atoms with Gasteiger partial charge in [0.05, 0.1) is 60.6 Å². The summed E-state index contributed by atoms with van der Waals surface area (Å²) in [4.78, 5) is 116. The zero-order chi connectivity index (χ0) is 78.2. The van der Waals surface area contributed by atoms with Crippen LogP contribution in [0.4, 0.5) is 23.4 Å². The van der Waals surface area contributed by atoms with Gasteiger partial charge in [0, 0.05) is 160 Å². The highest BCUT2D eigenvalue weighted by Gasteiger charge is 2.49. The number of amides is 4. The van der Waals surface area contributed by atoms with Gasteiger partial charge in [-0.25, -0.2) is 38.7 Å². The number of rotatable bonds is 28. The third kappa shape index (κ3) is 23.7. The van der Waals surface area contributed by atoms with E-state index in [4.69, 9.17) is 9.47 Å². The van der Waals surface area contributed by atoms with E-state index in [1.54, 1.807) is 30.6 Å². The molecule has 2 saturated heterocycles. The van der Waals surface area contributed by atoms with Gasteiger partial charge in [-0.05, 0) is 120 Å². The van der Waals surface area contributed by atoms with E-state index in [0.717, 1.165) is 81.6 Å². The lowest BCUT2D eigenvalue weighted by atomic mass is 9.78. The van der Waals surface area contributed by atoms with Gasteiger partial charge < -0.3 is 59.1 Å². The molecule has 0 aromatic carbocycles. The third-order valence-corrected chi connectivity index (χ3v) is 16.5. The fraction of sp³-hybridized carbons (Fsp3) is 0.342. The number of alkyl halides is 4. The lowest BCUT2D eigenvalue weighted by molar-refractivity contribution is -0.127. The fourth-order valence-electron chi connectivity index (χ4n) is 10.9. The highest BCUT2D eigenvalue weighted by atomic mass is 19.3. The number of carbonyl (C=O) groups is 4. The smallest absolute Gasteiger partial charge is 0.388 e. The third-order valence-electron chi connectivity index (χ3n) is 16.5. The number of carbonyl (C=O) groups excluding carboxylic acids is 4. The lowest BCUT2D eigenvalue weighted by Crippen LogP contribution is -2.66. The number of ether oxygens (including phenoxy) is 4. The second-order valence-electron chi connectivity index (χ2n) is 25.2. The number of likely N-dealkylation sites (N-methyl/N-ethyl adjacent to an activating group) is 2. The molecule has 0 aliphatic carbocycles. The van der Waals surface area contributed by atoms with Crippen LogP contribution in [-0.2, 0) is 70.7 Å². The van der Waals surface area contributed by atoms with Crippen molar-refractivity contribution in [3.05, 3.63) is 211 Å². The number of hydrogen-bond donors (Lipinski definition) is 4. The minimum atomic E-state index is -2.97. The second kappa shape index (κ2) is 38.6. The molecule has 2 aliphatic heterocycles. The van der Waals surface area contributed by atoms with Crippen molar-refractivity contribution in [2.24, 2.45) is 19.5 Å². The molecule has 109 heavy (non-hydrogen) atoms. The van der Waals surface area contributed by atoms with Crippen molar-refractivity contribution in [3.63, 3.8) is 0 Å². The molecule has 12 heterocycles. The Bertz CT molecular complexity index is 4930. The number of hydrogen-bond acceptors (Lipinski definition) is 22. The molecule has 10 aromatic rings.